The highest BCUT2D eigenvalue weighted by Crippen LogP contribution is 2.28. The van der Waals surface area contributed by atoms with E-state index in [0.29, 0.717) is 5.69 Å². The smallest absolute Gasteiger partial charge is 0.278 e. The standard InChI is InChI=1S/C20H18N2O3/c1-25-17-11-12-21-18(19(17)23)20(24)22-16-9-7-15(8-10-16)13-14-5-3-2-4-6-14/h2-12,23H,13H2,1H3,(H,22,24). The number of rotatable bonds is 5. The van der Waals surface area contributed by atoms with Crippen molar-refractivity contribution in [3.8, 4) is 11.5 Å². The van der Waals surface area contributed by atoms with E-state index >= 15 is 0 Å². The molecule has 0 aliphatic carbocycles. The molecule has 0 spiro atoms. The van der Waals surface area contributed by atoms with Crippen molar-refractivity contribution >= 4 is 11.6 Å². The van der Waals surface area contributed by atoms with Gasteiger partial charge >= 0.3 is 0 Å². The number of benzene rings is 2. The summed E-state index contributed by atoms with van der Waals surface area (Å²) in [6, 6.07) is 19.2. The van der Waals surface area contributed by atoms with Crippen LogP contribution in [0.15, 0.2) is 66.9 Å². The number of carbonyl (C=O) groups is 1. The van der Waals surface area contributed by atoms with Crippen molar-refractivity contribution in [2.45, 2.75) is 6.42 Å². The second kappa shape index (κ2) is 7.49. The average Bonchev–Trinajstić information content (AvgIpc) is 2.64. The predicted octanol–water partition coefficient (Wildman–Crippen LogP) is 3.64. The van der Waals surface area contributed by atoms with Crippen LogP contribution in [-0.4, -0.2) is 23.1 Å². The Hall–Kier alpha value is -3.34. The minimum absolute atomic E-state index is 0.0762. The predicted molar refractivity (Wildman–Crippen MR) is 96.1 cm³/mol. The lowest BCUT2D eigenvalue weighted by Crippen LogP contribution is -2.14. The van der Waals surface area contributed by atoms with E-state index in [1.807, 2.05) is 42.5 Å². The van der Waals surface area contributed by atoms with Crippen LogP contribution in [0.2, 0.25) is 0 Å². The first kappa shape index (κ1) is 16.5. The van der Waals surface area contributed by atoms with Gasteiger partial charge < -0.3 is 15.2 Å². The Morgan fingerprint density at radius 1 is 1.04 bits per heavy atom. The van der Waals surface area contributed by atoms with Crippen LogP contribution in [0, 0.1) is 0 Å². The number of carbonyl (C=O) groups excluding carboxylic acids is 1. The van der Waals surface area contributed by atoms with Crippen LogP contribution in [0.3, 0.4) is 0 Å². The molecule has 2 aromatic carbocycles. The quantitative estimate of drug-likeness (QED) is 0.747. The van der Waals surface area contributed by atoms with Crippen LogP contribution in [0.4, 0.5) is 5.69 Å². The average molecular weight is 334 g/mol. The third kappa shape index (κ3) is 3.95. The van der Waals surface area contributed by atoms with Gasteiger partial charge in [-0.05, 0) is 29.7 Å². The SMILES string of the molecule is COc1ccnc(C(=O)Nc2ccc(Cc3ccccc3)cc2)c1O. The van der Waals surface area contributed by atoms with Crippen LogP contribution >= 0.6 is 0 Å². The van der Waals surface area contributed by atoms with Gasteiger partial charge in [-0.2, -0.15) is 0 Å². The van der Waals surface area contributed by atoms with E-state index in [9.17, 15) is 9.90 Å². The van der Waals surface area contributed by atoms with Crippen LogP contribution in [0.5, 0.6) is 11.5 Å². The van der Waals surface area contributed by atoms with E-state index in [2.05, 4.69) is 22.4 Å². The summed E-state index contributed by atoms with van der Waals surface area (Å²) in [6.45, 7) is 0. The van der Waals surface area contributed by atoms with Crippen molar-refractivity contribution in [3.05, 3.63) is 83.7 Å². The molecule has 0 aliphatic heterocycles. The second-order valence-electron chi connectivity index (χ2n) is 5.52. The summed E-state index contributed by atoms with van der Waals surface area (Å²) in [5.41, 5.74) is 2.93. The molecule has 2 N–H and O–H groups in total. The number of nitrogens with one attached hydrogen (secondary N) is 1. The highest BCUT2D eigenvalue weighted by Gasteiger charge is 2.16. The molecule has 0 unspecified atom stereocenters. The molecule has 0 radical (unpaired) electrons. The molecular weight excluding hydrogens is 316 g/mol. The number of amides is 1. The van der Waals surface area contributed by atoms with E-state index < -0.39 is 5.91 Å². The number of aromatic hydroxyl groups is 1. The van der Waals surface area contributed by atoms with Crippen LogP contribution in [0.25, 0.3) is 0 Å². The van der Waals surface area contributed by atoms with Gasteiger partial charge in [-0.25, -0.2) is 4.98 Å². The summed E-state index contributed by atoms with van der Waals surface area (Å²) in [6.07, 6.45) is 2.24. The zero-order chi connectivity index (χ0) is 17.6. The zero-order valence-corrected chi connectivity index (χ0v) is 13.8. The molecule has 25 heavy (non-hydrogen) atoms. The van der Waals surface area contributed by atoms with Crippen molar-refractivity contribution in [3.63, 3.8) is 0 Å². The van der Waals surface area contributed by atoms with Crippen molar-refractivity contribution in [1.82, 2.24) is 4.98 Å². The summed E-state index contributed by atoms with van der Waals surface area (Å²) in [5, 5.41) is 12.7. The maximum absolute atomic E-state index is 12.3. The molecule has 0 bridgehead atoms. The van der Waals surface area contributed by atoms with Gasteiger partial charge in [-0.1, -0.05) is 42.5 Å². The molecule has 3 rings (SSSR count). The lowest BCUT2D eigenvalue weighted by atomic mass is 10.0. The molecule has 0 aliphatic rings. The van der Waals surface area contributed by atoms with Crippen LogP contribution in [0.1, 0.15) is 21.6 Å². The lowest BCUT2D eigenvalue weighted by Gasteiger charge is -2.09. The monoisotopic (exact) mass is 334 g/mol. The Bertz CT molecular complexity index is 862. The largest absolute Gasteiger partial charge is 0.503 e. The number of ether oxygens (including phenoxy) is 1. The number of hydrogen-bond donors (Lipinski definition) is 2. The Balaban J connectivity index is 1.70. The number of nitrogens with zero attached hydrogens (tertiary/aromatic N) is 1. The molecule has 1 amide bonds. The summed E-state index contributed by atoms with van der Waals surface area (Å²) in [4.78, 5) is 16.2. The zero-order valence-electron chi connectivity index (χ0n) is 13.8. The molecular formula is C20H18N2O3. The summed E-state index contributed by atoms with van der Waals surface area (Å²) in [7, 11) is 1.42. The number of aromatic nitrogens is 1. The Labute approximate surface area is 145 Å². The molecule has 5 nitrogen and oxygen atoms in total. The highest BCUT2D eigenvalue weighted by atomic mass is 16.5. The lowest BCUT2D eigenvalue weighted by molar-refractivity contribution is 0.101. The van der Waals surface area contributed by atoms with Crippen molar-refractivity contribution in [2.24, 2.45) is 0 Å². The third-order valence-corrected chi connectivity index (χ3v) is 3.79. The molecule has 0 saturated carbocycles. The summed E-state index contributed by atoms with van der Waals surface area (Å²) < 4.78 is 4.99. The van der Waals surface area contributed by atoms with Crippen molar-refractivity contribution in [1.29, 1.82) is 0 Å². The fraction of sp³-hybridized carbons (Fsp3) is 0.100. The van der Waals surface area contributed by atoms with Gasteiger partial charge in [0.25, 0.3) is 5.91 Å². The summed E-state index contributed by atoms with van der Waals surface area (Å²) in [5.74, 6) is -0.561. The van der Waals surface area contributed by atoms with Gasteiger partial charge in [0.1, 0.15) is 0 Å². The Morgan fingerprint density at radius 3 is 2.40 bits per heavy atom. The second-order valence-corrected chi connectivity index (χ2v) is 5.52. The first-order valence-electron chi connectivity index (χ1n) is 7.83. The van der Waals surface area contributed by atoms with E-state index in [1.54, 1.807) is 0 Å². The van der Waals surface area contributed by atoms with Gasteiger partial charge in [0.2, 0.25) is 0 Å². The Kier molecular flexibility index (Phi) is 4.95. The van der Waals surface area contributed by atoms with E-state index in [4.69, 9.17) is 4.74 Å². The van der Waals surface area contributed by atoms with Gasteiger partial charge in [-0.15, -0.1) is 0 Å². The van der Waals surface area contributed by atoms with Crippen molar-refractivity contribution < 1.29 is 14.6 Å². The fourth-order valence-corrected chi connectivity index (χ4v) is 2.49. The molecule has 0 fully saturated rings. The first-order valence-corrected chi connectivity index (χ1v) is 7.83. The van der Waals surface area contributed by atoms with Gasteiger partial charge in [0.15, 0.2) is 17.2 Å². The molecule has 0 atom stereocenters. The van der Waals surface area contributed by atoms with Gasteiger partial charge in [-0.3, -0.25) is 4.79 Å². The molecule has 1 heterocycles. The fourth-order valence-electron chi connectivity index (χ4n) is 2.49. The van der Waals surface area contributed by atoms with Gasteiger partial charge in [0, 0.05) is 18.0 Å². The Morgan fingerprint density at radius 2 is 1.72 bits per heavy atom. The maximum Gasteiger partial charge on any atom is 0.278 e. The highest BCUT2D eigenvalue weighted by molar-refractivity contribution is 6.05. The van der Waals surface area contributed by atoms with E-state index in [0.717, 1.165) is 12.0 Å². The number of anilines is 1. The maximum atomic E-state index is 12.3. The topological polar surface area (TPSA) is 71.5 Å². The number of hydrogen-bond acceptors (Lipinski definition) is 4. The normalized spacial score (nSPS) is 10.3. The molecule has 3 aromatic rings. The molecule has 0 saturated heterocycles. The van der Waals surface area contributed by atoms with E-state index in [1.165, 1.54) is 24.9 Å². The minimum atomic E-state index is -0.493. The van der Waals surface area contributed by atoms with Crippen LogP contribution in [-0.2, 0) is 6.42 Å². The third-order valence-electron chi connectivity index (χ3n) is 3.79. The molecule has 126 valence electrons. The van der Waals surface area contributed by atoms with Crippen LogP contribution < -0.4 is 10.1 Å². The minimum Gasteiger partial charge on any atom is -0.503 e. The first-order chi connectivity index (χ1) is 12.2. The molecule has 1 aromatic heterocycles. The van der Waals surface area contributed by atoms with Crippen molar-refractivity contribution in [2.75, 3.05) is 12.4 Å². The van der Waals surface area contributed by atoms with Gasteiger partial charge in [0.05, 0.1) is 7.11 Å². The number of methoxy groups -OCH3 is 1. The number of pyridine rings is 1. The molecule has 5 heteroatoms. The van der Waals surface area contributed by atoms with E-state index in [-0.39, 0.29) is 17.2 Å². The summed E-state index contributed by atoms with van der Waals surface area (Å²) >= 11 is 0.